The topological polar surface area (TPSA) is 66.1 Å². The number of carbonyl (C=O) groups excluding carboxylic acids is 1. The van der Waals surface area contributed by atoms with Crippen LogP contribution in [0, 0.1) is 13.8 Å². The molecular weight excluding hydrogens is 242 g/mol. The predicted molar refractivity (Wildman–Crippen MR) is 71.2 cm³/mol. The van der Waals surface area contributed by atoms with Crippen LogP contribution in [0.2, 0.25) is 0 Å². The summed E-state index contributed by atoms with van der Waals surface area (Å²) in [5.74, 6) is -0.184. The van der Waals surface area contributed by atoms with Crippen molar-refractivity contribution in [2.45, 2.75) is 58.0 Å². The Kier molecular flexibility index (Phi) is 2.92. The van der Waals surface area contributed by atoms with Crippen LogP contribution >= 0.6 is 0 Å². The summed E-state index contributed by atoms with van der Waals surface area (Å²) >= 11 is 0. The number of H-pyrrole nitrogens is 1. The van der Waals surface area contributed by atoms with E-state index < -0.39 is 0 Å². The molecule has 2 bridgehead atoms. The molecule has 19 heavy (non-hydrogen) atoms. The van der Waals surface area contributed by atoms with Gasteiger partial charge in [0.2, 0.25) is 0 Å². The van der Waals surface area contributed by atoms with Crippen LogP contribution in [0.4, 0.5) is 0 Å². The Labute approximate surface area is 112 Å². The number of piperidine rings is 1. The highest BCUT2D eigenvalue weighted by molar-refractivity contribution is 5.92. The van der Waals surface area contributed by atoms with Gasteiger partial charge < -0.3 is 9.88 Å². The van der Waals surface area contributed by atoms with Crippen LogP contribution in [0.5, 0.6) is 0 Å². The number of nitrogens with one attached hydrogen (secondary N) is 1. The summed E-state index contributed by atoms with van der Waals surface area (Å²) in [4.78, 5) is 33.4. The Morgan fingerprint density at radius 3 is 2.47 bits per heavy atom. The van der Waals surface area contributed by atoms with E-state index in [-0.39, 0.29) is 17.2 Å². The normalized spacial score (nSPS) is 25.7. The van der Waals surface area contributed by atoms with Gasteiger partial charge in [-0.05, 0) is 46.0 Å². The molecule has 0 radical (unpaired) electrons. The van der Waals surface area contributed by atoms with Gasteiger partial charge in [0, 0.05) is 17.8 Å². The number of hydrogen-bond donors (Lipinski definition) is 1. The summed E-state index contributed by atoms with van der Waals surface area (Å²) in [5, 5.41) is 0. The molecule has 2 fully saturated rings. The lowest BCUT2D eigenvalue weighted by Gasteiger charge is -2.34. The van der Waals surface area contributed by atoms with Gasteiger partial charge >= 0.3 is 0 Å². The Morgan fingerprint density at radius 1 is 1.21 bits per heavy atom. The van der Waals surface area contributed by atoms with Gasteiger partial charge in [-0.1, -0.05) is 0 Å². The largest absolute Gasteiger partial charge is 0.331 e. The van der Waals surface area contributed by atoms with E-state index in [0.29, 0.717) is 17.8 Å². The Balaban J connectivity index is 1.97. The van der Waals surface area contributed by atoms with E-state index in [4.69, 9.17) is 0 Å². The summed E-state index contributed by atoms with van der Waals surface area (Å²) in [6.07, 6.45) is 5.45. The Morgan fingerprint density at radius 2 is 1.84 bits per heavy atom. The summed E-state index contributed by atoms with van der Waals surface area (Å²) in [6.45, 7) is 3.61. The molecule has 2 unspecified atom stereocenters. The molecule has 3 rings (SSSR count). The first-order chi connectivity index (χ1) is 9.08. The molecule has 0 aromatic carbocycles. The van der Waals surface area contributed by atoms with Crippen LogP contribution in [0.15, 0.2) is 4.79 Å². The minimum absolute atomic E-state index is 0.0573. The first kappa shape index (κ1) is 12.4. The van der Waals surface area contributed by atoms with Crippen molar-refractivity contribution in [2.24, 2.45) is 0 Å². The number of hydrogen-bond acceptors (Lipinski definition) is 3. The quantitative estimate of drug-likeness (QED) is 0.834. The van der Waals surface area contributed by atoms with E-state index in [1.54, 1.807) is 6.92 Å². The first-order valence-electron chi connectivity index (χ1n) is 6.98. The number of carbonyl (C=O) groups is 1. The highest BCUT2D eigenvalue weighted by atomic mass is 16.2. The average Bonchev–Trinajstić information content (AvgIpc) is 2.63. The van der Waals surface area contributed by atoms with Crippen LogP contribution < -0.4 is 5.56 Å². The van der Waals surface area contributed by atoms with Crippen LogP contribution in [0.1, 0.15) is 54.0 Å². The molecular formula is C14H19N3O2. The van der Waals surface area contributed by atoms with Gasteiger partial charge in [0.15, 0.2) is 5.69 Å². The summed E-state index contributed by atoms with van der Waals surface area (Å²) in [5.41, 5.74) is 1.13. The van der Waals surface area contributed by atoms with E-state index in [1.165, 1.54) is 6.42 Å². The molecule has 1 amide bonds. The maximum absolute atomic E-state index is 12.6. The van der Waals surface area contributed by atoms with Gasteiger partial charge in [-0.25, -0.2) is 4.98 Å². The lowest BCUT2D eigenvalue weighted by atomic mass is 10.0. The highest BCUT2D eigenvalue weighted by Gasteiger charge is 2.40. The molecule has 102 valence electrons. The number of nitrogens with zero attached hydrogens (tertiary/aromatic N) is 2. The van der Waals surface area contributed by atoms with Crippen molar-refractivity contribution in [3.05, 3.63) is 27.4 Å². The van der Waals surface area contributed by atoms with Crippen LogP contribution in [-0.4, -0.2) is 32.9 Å². The van der Waals surface area contributed by atoms with E-state index in [0.717, 1.165) is 31.4 Å². The standard InChI is InChI=1S/C14H19N3O2/c1-8-9(2)16-13(18)12(15-8)14(19)17-10-4-3-5-11(17)7-6-10/h10-11H,3-7H2,1-2H3,(H,16,18). The molecule has 0 spiro atoms. The number of rotatable bonds is 1. The second-order valence-electron chi connectivity index (χ2n) is 5.65. The third-order valence-corrected chi connectivity index (χ3v) is 4.47. The molecule has 2 atom stereocenters. The molecule has 2 aliphatic heterocycles. The molecule has 1 aromatic rings. The molecule has 2 saturated heterocycles. The molecule has 5 heteroatoms. The lowest BCUT2D eigenvalue weighted by Crippen LogP contribution is -2.46. The third kappa shape index (κ3) is 1.97. The molecule has 1 N–H and O–H groups in total. The maximum Gasteiger partial charge on any atom is 0.279 e. The van der Waals surface area contributed by atoms with E-state index >= 15 is 0 Å². The van der Waals surface area contributed by atoms with Gasteiger partial charge in [0.1, 0.15) is 0 Å². The fraction of sp³-hybridized carbons (Fsp3) is 0.643. The highest BCUT2D eigenvalue weighted by Crippen LogP contribution is 2.36. The van der Waals surface area contributed by atoms with E-state index in [9.17, 15) is 9.59 Å². The predicted octanol–water partition coefficient (Wildman–Crippen LogP) is 1.54. The lowest BCUT2D eigenvalue weighted by molar-refractivity contribution is 0.0586. The third-order valence-electron chi connectivity index (χ3n) is 4.47. The number of aromatic amines is 1. The van der Waals surface area contributed by atoms with Gasteiger partial charge in [0.05, 0.1) is 5.69 Å². The summed E-state index contributed by atoms with van der Waals surface area (Å²) in [7, 11) is 0. The SMILES string of the molecule is Cc1nc(C(=O)N2C3CCCC2CC3)c(=O)[nH]c1C. The number of aromatic nitrogens is 2. The second-order valence-corrected chi connectivity index (χ2v) is 5.65. The van der Waals surface area contributed by atoms with Crippen molar-refractivity contribution >= 4 is 5.91 Å². The fourth-order valence-electron chi connectivity index (χ4n) is 3.34. The smallest absolute Gasteiger partial charge is 0.279 e. The summed E-state index contributed by atoms with van der Waals surface area (Å²) < 4.78 is 0. The van der Waals surface area contributed by atoms with Gasteiger partial charge in [-0.3, -0.25) is 9.59 Å². The Bertz CT molecular complexity index is 563. The molecule has 0 aliphatic carbocycles. The molecule has 1 aromatic heterocycles. The van der Waals surface area contributed by atoms with E-state index in [1.807, 2.05) is 11.8 Å². The van der Waals surface area contributed by atoms with Gasteiger partial charge in [-0.2, -0.15) is 0 Å². The van der Waals surface area contributed by atoms with Gasteiger partial charge in [0.25, 0.3) is 11.5 Å². The van der Waals surface area contributed by atoms with Crippen molar-refractivity contribution in [1.29, 1.82) is 0 Å². The first-order valence-corrected chi connectivity index (χ1v) is 6.98. The van der Waals surface area contributed by atoms with Crippen molar-refractivity contribution in [1.82, 2.24) is 14.9 Å². The maximum atomic E-state index is 12.6. The molecule has 5 nitrogen and oxygen atoms in total. The van der Waals surface area contributed by atoms with Crippen molar-refractivity contribution in [2.75, 3.05) is 0 Å². The second kappa shape index (κ2) is 4.47. The van der Waals surface area contributed by atoms with Crippen LogP contribution in [-0.2, 0) is 0 Å². The average molecular weight is 261 g/mol. The van der Waals surface area contributed by atoms with E-state index in [2.05, 4.69) is 9.97 Å². The Hall–Kier alpha value is -1.65. The van der Waals surface area contributed by atoms with Crippen molar-refractivity contribution in [3.63, 3.8) is 0 Å². The van der Waals surface area contributed by atoms with Crippen LogP contribution in [0.25, 0.3) is 0 Å². The van der Waals surface area contributed by atoms with Crippen molar-refractivity contribution < 1.29 is 4.79 Å². The number of fused-ring (bicyclic) bond motifs is 2. The van der Waals surface area contributed by atoms with Crippen LogP contribution in [0.3, 0.4) is 0 Å². The minimum atomic E-state index is -0.363. The minimum Gasteiger partial charge on any atom is -0.331 e. The molecule has 3 heterocycles. The molecule has 0 saturated carbocycles. The van der Waals surface area contributed by atoms with Gasteiger partial charge in [-0.15, -0.1) is 0 Å². The number of amides is 1. The number of aryl methyl sites for hydroxylation is 2. The molecule has 2 aliphatic rings. The fourth-order valence-corrected chi connectivity index (χ4v) is 3.34. The van der Waals surface area contributed by atoms with Crippen molar-refractivity contribution in [3.8, 4) is 0 Å². The zero-order chi connectivity index (χ0) is 13.6. The zero-order valence-electron chi connectivity index (χ0n) is 11.4. The monoisotopic (exact) mass is 261 g/mol. The zero-order valence-corrected chi connectivity index (χ0v) is 11.4. The summed E-state index contributed by atoms with van der Waals surface area (Å²) in [6, 6.07) is 0.628.